The summed E-state index contributed by atoms with van der Waals surface area (Å²) in [7, 11) is 1.62. The van der Waals surface area contributed by atoms with Gasteiger partial charge in [0.25, 0.3) is 0 Å². The van der Waals surface area contributed by atoms with Crippen LogP contribution in [0.1, 0.15) is 11.7 Å². The van der Waals surface area contributed by atoms with Gasteiger partial charge in [-0.2, -0.15) is 5.26 Å². The number of hydrogen-bond acceptors (Lipinski definition) is 3. The van der Waals surface area contributed by atoms with Crippen molar-refractivity contribution in [3.8, 4) is 11.8 Å². The molecule has 1 N–H and O–H groups in total. The number of nitriles is 1. The number of nitrogens with zero attached hydrogens (tertiary/aromatic N) is 1. The summed E-state index contributed by atoms with van der Waals surface area (Å²) in [6.07, 6.45) is -1.06. The number of aliphatic hydroxyl groups excluding tert-OH is 1. The first kappa shape index (κ1) is 10.5. The van der Waals surface area contributed by atoms with Crippen molar-refractivity contribution >= 4 is 10.8 Å². The zero-order chi connectivity index (χ0) is 11.5. The first-order valence-electron chi connectivity index (χ1n) is 4.90. The monoisotopic (exact) mass is 213 g/mol. The molecular weight excluding hydrogens is 202 g/mol. The van der Waals surface area contributed by atoms with E-state index in [1.165, 1.54) is 0 Å². The molecule has 0 spiro atoms. The highest BCUT2D eigenvalue weighted by molar-refractivity contribution is 5.84. The second kappa shape index (κ2) is 4.21. The number of fused-ring (bicyclic) bond motifs is 1. The van der Waals surface area contributed by atoms with Crippen molar-refractivity contribution in [2.24, 2.45) is 0 Å². The van der Waals surface area contributed by atoms with Crippen molar-refractivity contribution < 1.29 is 9.84 Å². The summed E-state index contributed by atoms with van der Waals surface area (Å²) in [5.41, 5.74) is 0.611. The third kappa shape index (κ3) is 1.83. The van der Waals surface area contributed by atoms with Crippen LogP contribution in [0.3, 0.4) is 0 Å². The molecular formula is C13H11NO2. The molecule has 0 saturated heterocycles. The Bertz CT molecular complexity index is 557. The van der Waals surface area contributed by atoms with Crippen molar-refractivity contribution in [1.82, 2.24) is 0 Å². The van der Waals surface area contributed by atoms with E-state index in [2.05, 4.69) is 0 Å². The molecule has 0 aliphatic carbocycles. The van der Waals surface area contributed by atoms with E-state index in [1.807, 2.05) is 30.3 Å². The van der Waals surface area contributed by atoms with Gasteiger partial charge in [0.05, 0.1) is 13.2 Å². The van der Waals surface area contributed by atoms with Gasteiger partial charge in [-0.15, -0.1) is 0 Å². The Hall–Kier alpha value is -2.05. The first-order valence-corrected chi connectivity index (χ1v) is 4.90. The fourth-order valence-corrected chi connectivity index (χ4v) is 1.61. The Morgan fingerprint density at radius 1 is 1.19 bits per heavy atom. The third-order valence-corrected chi connectivity index (χ3v) is 2.51. The van der Waals surface area contributed by atoms with Crippen LogP contribution in [0.2, 0.25) is 0 Å². The molecule has 0 unspecified atom stereocenters. The molecule has 16 heavy (non-hydrogen) atoms. The maximum absolute atomic E-state index is 9.40. The molecule has 0 fully saturated rings. The number of hydrogen-bond donors (Lipinski definition) is 1. The van der Waals surface area contributed by atoms with Gasteiger partial charge in [-0.25, -0.2) is 0 Å². The average Bonchev–Trinajstić information content (AvgIpc) is 2.36. The molecule has 0 saturated carbocycles. The Morgan fingerprint density at radius 3 is 2.56 bits per heavy atom. The highest BCUT2D eigenvalue weighted by atomic mass is 16.5. The summed E-state index contributed by atoms with van der Waals surface area (Å²) < 4.78 is 5.12. The van der Waals surface area contributed by atoms with Crippen LogP contribution in [0, 0.1) is 11.3 Å². The summed E-state index contributed by atoms with van der Waals surface area (Å²) in [5, 5.41) is 20.0. The van der Waals surface area contributed by atoms with Gasteiger partial charge in [0.15, 0.2) is 6.10 Å². The van der Waals surface area contributed by atoms with Crippen LogP contribution in [0.4, 0.5) is 0 Å². The molecule has 0 aromatic heterocycles. The number of ether oxygens (including phenoxy) is 1. The van der Waals surface area contributed by atoms with Crippen molar-refractivity contribution in [3.05, 3.63) is 42.0 Å². The summed E-state index contributed by atoms with van der Waals surface area (Å²) >= 11 is 0. The second-order valence-corrected chi connectivity index (χ2v) is 3.50. The molecule has 0 heterocycles. The summed E-state index contributed by atoms with van der Waals surface area (Å²) in [4.78, 5) is 0. The fraction of sp³-hybridized carbons (Fsp3) is 0.154. The van der Waals surface area contributed by atoms with Gasteiger partial charge in [0.1, 0.15) is 5.75 Å². The molecule has 3 nitrogen and oxygen atoms in total. The maximum Gasteiger partial charge on any atom is 0.165 e. The molecule has 2 aromatic rings. The molecule has 1 atom stereocenters. The van der Waals surface area contributed by atoms with Crippen LogP contribution in [-0.4, -0.2) is 12.2 Å². The maximum atomic E-state index is 9.40. The van der Waals surface area contributed by atoms with Gasteiger partial charge in [0.2, 0.25) is 0 Å². The highest BCUT2D eigenvalue weighted by Crippen LogP contribution is 2.24. The molecule has 80 valence electrons. The van der Waals surface area contributed by atoms with Gasteiger partial charge in [-0.05, 0) is 34.5 Å². The van der Waals surface area contributed by atoms with E-state index in [-0.39, 0.29) is 0 Å². The predicted octanol–water partition coefficient (Wildman–Crippen LogP) is 2.41. The van der Waals surface area contributed by atoms with E-state index in [0.717, 1.165) is 16.5 Å². The lowest BCUT2D eigenvalue weighted by Crippen LogP contribution is -1.92. The molecule has 2 rings (SSSR count). The van der Waals surface area contributed by atoms with Crippen LogP contribution in [0.15, 0.2) is 36.4 Å². The molecule has 0 aliphatic rings. The van der Waals surface area contributed by atoms with E-state index < -0.39 is 6.10 Å². The topological polar surface area (TPSA) is 53.2 Å². The number of aliphatic hydroxyl groups is 1. The summed E-state index contributed by atoms with van der Waals surface area (Å²) in [6, 6.07) is 12.9. The zero-order valence-corrected chi connectivity index (χ0v) is 8.84. The normalized spacial score (nSPS) is 12.1. The third-order valence-electron chi connectivity index (χ3n) is 2.51. The Labute approximate surface area is 93.5 Å². The van der Waals surface area contributed by atoms with Crippen molar-refractivity contribution in [3.63, 3.8) is 0 Å². The lowest BCUT2D eigenvalue weighted by Gasteiger charge is -2.06. The van der Waals surface area contributed by atoms with Crippen LogP contribution in [0.25, 0.3) is 10.8 Å². The minimum Gasteiger partial charge on any atom is -0.497 e. The SMILES string of the molecule is COc1ccc2cc([C@@H](O)C#N)ccc2c1. The predicted molar refractivity (Wildman–Crippen MR) is 61.1 cm³/mol. The minimum atomic E-state index is -1.06. The Kier molecular flexibility index (Phi) is 2.76. The Morgan fingerprint density at radius 2 is 1.88 bits per heavy atom. The molecule has 0 bridgehead atoms. The summed E-state index contributed by atoms with van der Waals surface area (Å²) in [6.45, 7) is 0. The molecule has 3 heteroatoms. The van der Waals surface area contributed by atoms with Crippen LogP contribution < -0.4 is 4.74 Å². The van der Waals surface area contributed by atoms with Crippen LogP contribution >= 0.6 is 0 Å². The molecule has 0 amide bonds. The van der Waals surface area contributed by atoms with E-state index >= 15 is 0 Å². The van der Waals surface area contributed by atoms with Crippen molar-refractivity contribution in [1.29, 1.82) is 5.26 Å². The van der Waals surface area contributed by atoms with Gasteiger partial charge in [0, 0.05) is 0 Å². The van der Waals surface area contributed by atoms with Crippen LogP contribution in [0.5, 0.6) is 5.75 Å². The van der Waals surface area contributed by atoms with Crippen LogP contribution in [-0.2, 0) is 0 Å². The summed E-state index contributed by atoms with van der Waals surface area (Å²) in [5.74, 6) is 0.793. The van der Waals surface area contributed by atoms with E-state index in [9.17, 15) is 5.11 Å². The van der Waals surface area contributed by atoms with Gasteiger partial charge >= 0.3 is 0 Å². The molecule has 0 aliphatic heterocycles. The van der Waals surface area contributed by atoms with E-state index in [4.69, 9.17) is 10.00 Å². The standard InChI is InChI=1S/C13H11NO2/c1-16-12-5-4-9-6-11(13(15)8-14)3-2-10(9)7-12/h2-7,13,15H,1H3/t13-/m0/s1. The van der Waals surface area contributed by atoms with E-state index in [1.54, 1.807) is 19.2 Å². The highest BCUT2D eigenvalue weighted by Gasteiger charge is 2.06. The number of rotatable bonds is 2. The average molecular weight is 213 g/mol. The minimum absolute atomic E-state index is 0.611. The lowest BCUT2D eigenvalue weighted by molar-refractivity contribution is 0.236. The second-order valence-electron chi connectivity index (χ2n) is 3.50. The van der Waals surface area contributed by atoms with Crippen molar-refractivity contribution in [2.75, 3.05) is 7.11 Å². The van der Waals surface area contributed by atoms with E-state index in [0.29, 0.717) is 5.56 Å². The number of methoxy groups -OCH3 is 1. The quantitative estimate of drug-likeness (QED) is 0.779. The smallest absolute Gasteiger partial charge is 0.165 e. The largest absolute Gasteiger partial charge is 0.497 e. The lowest BCUT2D eigenvalue weighted by atomic mass is 10.0. The fourth-order valence-electron chi connectivity index (χ4n) is 1.61. The Balaban J connectivity index is 2.52. The molecule has 2 aromatic carbocycles. The zero-order valence-electron chi connectivity index (χ0n) is 8.84. The van der Waals surface area contributed by atoms with Crippen molar-refractivity contribution in [2.45, 2.75) is 6.10 Å². The van der Waals surface area contributed by atoms with Gasteiger partial charge in [-0.1, -0.05) is 18.2 Å². The molecule has 0 radical (unpaired) electrons. The van der Waals surface area contributed by atoms with Gasteiger partial charge in [-0.3, -0.25) is 0 Å². The van der Waals surface area contributed by atoms with Gasteiger partial charge < -0.3 is 9.84 Å². The number of benzene rings is 2. The first-order chi connectivity index (χ1) is 7.74.